The summed E-state index contributed by atoms with van der Waals surface area (Å²) in [6, 6.07) is 0. The maximum atomic E-state index is 12.7. The van der Waals surface area contributed by atoms with Crippen LogP contribution >= 0.6 is 0 Å². The summed E-state index contributed by atoms with van der Waals surface area (Å²) in [4.78, 5) is 37.9. The number of carbonyl (C=O) groups excluding carboxylic acids is 3. The van der Waals surface area contributed by atoms with Gasteiger partial charge < -0.3 is 14.2 Å². The van der Waals surface area contributed by atoms with Gasteiger partial charge in [-0.25, -0.2) is 0 Å². The molecule has 0 saturated heterocycles. The van der Waals surface area contributed by atoms with Crippen LogP contribution in [0.4, 0.5) is 0 Å². The van der Waals surface area contributed by atoms with E-state index in [9.17, 15) is 14.4 Å². The number of esters is 3. The van der Waals surface area contributed by atoms with E-state index in [1.165, 1.54) is 70.6 Å². The van der Waals surface area contributed by atoms with Crippen LogP contribution in [0.3, 0.4) is 0 Å². The van der Waals surface area contributed by atoms with E-state index in [1.807, 2.05) is 0 Å². The minimum Gasteiger partial charge on any atom is -0.462 e. The second-order valence-electron chi connectivity index (χ2n) is 16.3. The Morgan fingerprint density at radius 1 is 0.344 bits per heavy atom. The molecular weight excluding hydrogens is 757 g/mol. The molecule has 61 heavy (non-hydrogen) atoms. The number of rotatable bonds is 44. The van der Waals surface area contributed by atoms with Crippen molar-refractivity contribution in [1.29, 1.82) is 0 Å². The zero-order valence-corrected chi connectivity index (χ0v) is 39.7. The van der Waals surface area contributed by atoms with Crippen molar-refractivity contribution in [2.24, 2.45) is 0 Å². The summed E-state index contributed by atoms with van der Waals surface area (Å²) in [5.74, 6) is -0.952. The first-order valence-corrected chi connectivity index (χ1v) is 25.1. The van der Waals surface area contributed by atoms with Crippen molar-refractivity contribution >= 4 is 17.9 Å². The Bertz CT molecular complexity index is 1200. The van der Waals surface area contributed by atoms with Crippen LogP contribution in [0.1, 0.15) is 226 Å². The van der Waals surface area contributed by atoms with Crippen molar-refractivity contribution in [1.82, 2.24) is 0 Å². The standard InChI is InChI=1S/C55H92O6/c1-4-7-10-13-16-19-22-25-26-27-28-29-30-31-34-36-39-42-45-48-54(57)60-51-52(61-55(58)49-46-43-40-37-33-24-21-18-15-12-9-6-3)50-59-53(56)47-44-41-38-35-32-23-20-17-14-11-8-5-2/h7,9-10,12,16,18-19,21,25-26,28-29,33,37,52H,4-6,8,11,13-15,17,20,22-24,27,30-32,34-36,38-51H2,1-3H3/b10-7-,12-9-,19-16-,21-18-,26-25-,29-28-,37-33-. The molecule has 0 aromatic heterocycles. The predicted octanol–water partition coefficient (Wildman–Crippen LogP) is 16.4. The van der Waals surface area contributed by atoms with Gasteiger partial charge in [0.1, 0.15) is 13.2 Å². The topological polar surface area (TPSA) is 78.9 Å². The molecule has 0 saturated carbocycles. The first-order chi connectivity index (χ1) is 30.0. The van der Waals surface area contributed by atoms with Crippen molar-refractivity contribution in [3.8, 4) is 0 Å². The molecule has 0 N–H and O–H groups in total. The van der Waals surface area contributed by atoms with Crippen LogP contribution in [0.15, 0.2) is 85.1 Å². The minimum atomic E-state index is -0.800. The summed E-state index contributed by atoms with van der Waals surface area (Å²) in [5, 5.41) is 0. The normalized spacial score (nSPS) is 12.8. The fourth-order valence-corrected chi connectivity index (χ4v) is 6.68. The van der Waals surface area contributed by atoms with E-state index >= 15 is 0 Å². The van der Waals surface area contributed by atoms with Crippen molar-refractivity contribution in [2.75, 3.05) is 13.2 Å². The molecule has 0 fully saturated rings. The van der Waals surface area contributed by atoms with Crippen molar-refractivity contribution in [3.63, 3.8) is 0 Å². The minimum absolute atomic E-state index is 0.0957. The van der Waals surface area contributed by atoms with Crippen molar-refractivity contribution in [3.05, 3.63) is 85.1 Å². The van der Waals surface area contributed by atoms with E-state index < -0.39 is 6.10 Å². The van der Waals surface area contributed by atoms with Gasteiger partial charge in [0.25, 0.3) is 0 Å². The number of unbranched alkanes of at least 4 members (excludes halogenated alkanes) is 19. The maximum Gasteiger partial charge on any atom is 0.306 e. The van der Waals surface area contributed by atoms with Gasteiger partial charge in [0.2, 0.25) is 0 Å². The van der Waals surface area contributed by atoms with Crippen LogP contribution in [0.2, 0.25) is 0 Å². The summed E-state index contributed by atoms with van der Waals surface area (Å²) in [6.07, 6.45) is 62.8. The molecular formula is C55H92O6. The van der Waals surface area contributed by atoms with Crippen LogP contribution in [0, 0.1) is 0 Å². The fraction of sp³-hybridized carbons (Fsp3) is 0.691. The molecule has 0 amide bonds. The van der Waals surface area contributed by atoms with E-state index in [-0.39, 0.29) is 37.5 Å². The smallest absolute Gasteiger partial charge is 0.306 e. The number of carbonyl (C=O) groups is 3. The first-order valence-electron chi connectivity index (χ1n) is 25.1. The number of allylic oxidation sites excluding steroid dienone is 14. The molecule has 0 aromatic carbocycles. The summed E-state index contributed by atoms with van der Waals surface area (Å²) in [7, 11) is 0. The van der Waals surface area contributed by atoms with E-state index in [0.717, 1.165) is 109 Å². The summed E-state index contributed by atoms with van der Waals surface area (Å²) in [5.41, 5.74) is 0. The molecule has 0 heterocycles. The Hall–Kier alpha value is -3.41. The van der Waals surface area contributed by atoms with Crippen LogP contribution in [-0.4, -0.2) is 37.2 Å². The third-order valence-corrected chi connectivity index (χ3v) is 10.4. The van der Waals surface area contributed by atoms with Gasteiger partial charge in [-0.3, -0.25) is 14.4 Å². The van der Waals surface area contributed by atoms with Gasteiger partial charge in [-0.2, -0.15) is 0 Å². The highest BCUT2D eigenvalue weighted by Gasteiger charge is 2.19. The number of hydrogen-bond donors (Lipinski definition) is 0. The van der Waals surface area contributed by atoms with Gasteiger partial charge in [-0.1, -0.05) is 202 Å². The van der Waals surface area contributed by atoms with Crippen LogP contribution in [0.5, 0.6) is 0 Å². The Labute approximate surface area is 375 Å². The molecule has 0 radical (unpaired) electrons. The van der Waals surface area contributed by atoms with Crippen molar-refractivity contribution < 1.29 is 28.6 Å². The lowest BCUT2D eigenvalue weighted by atomic mass is 10.0. The van der Waals surface area contributed by atoms with Gasteiger partial charge in [0.15, 0.2) is 6.10 Å². The second kappa shape index (κ2) is 49.2. The van der Waals surface area contributed by atoms with Gasteiger partial charge in [0.05, 0.1) is 0 Å². The molecule has 0 rings (SSSR count). The lowest BCUT2D eigenvalue weighted by Crippen LogP contribution is -2.30. The molecule has 0 aliphatic rings. The monoisotopic (exact) mass is 849 g/mol. The molecule has 1 atom stereocenters. The first kappa shape index (κ1) is 57.6. The molecule has 1 unspecified atom stereocenters. The second-order valence-corrected chi connectivity index (χ2v) is 16.3. The summed E-state index contributed by atoms with van der Waals surface area (Å²) in [6.45, 7) is 6.35. The van der Waals surface area contributed by atoms with Gasteiger partial charge >= 0.3 is 17.9 Å². The number of ether oxygens (including phenoxy) is 3. The third kappa shape index (κ3) is 47.5. The lowest BCUT2D eigenvalue weighted by Gasteiger charge is -2.18. The molecule has 6 heteroatoms. The van der Waals surface area contributed by atoms with Crippen molar-refractivity contribution in [2.45, 2.75) is 232 Å². The largest absolute Gasteiger partial charge is 0.462 e. The Morgan fingerprint density at radius 3 is 1.03 bits per heavy atom. The lowest BCUT2D eigenvalue weighted by molar-refractivity contribution is -0.167. The summed E-state index contributed by atoms with van der Waals surface area (Å²) >= 11 is 0. The Morgan fingerprint density at radius 2 is 0.639 bits per heavy atom. The molecule has 0 aliphatic heterocycles. The molecule has 348 valence electrons. The Kier molecular flexibility index (Phi) is 46.5. The molecule has 0 spiro atoms. The van der Waals surface area contributed by atoms with E-state index in [0.29, 0.717) is 19.3 Å². The fourth-order valence-electron chi connectivity index (χ4n) is 6.68. The van der Waals surface area contributed by atoms with Crippen LogP contribution < -0.4 is 0 Å². The summed E-state index contributed by atoms with van der Waals surface area (Å²) < 4.78 is 16.7. The van der Waals surface area contributed by atoms with Crippen LogP contribution in [0.25, 0.3) is 0 Å². The average molecular weight is 849 g/mol. The highest BCUT2D eigenvalue weighted by Crippen LogP contribution is 2.14. The quantitative estimate of drug-likeness (QED) is 0.0263. The highest BCUT2D eigenvalue weighted by atomic mass is 16.6. The zero-order valence-electron chi connectivity index (χ0n) is 39.7. The third-order valence-electron chi connectivity index (χ3n) is 10.4. The van der Waals surface area contributed by atoms with Gasteiger partial charge in [-0.15, -0.1) is 0 Å². The maximum absolute atomic E-state index is 12.7. The molecule has 0 bridgehead atoms. The molecule has 6 nitrogen and oxygen atoms in total. The van der Waals surface area contributed by atoms with Crippen LogP contribution in [-0.2, 0) is 28.6 Å². The van der Waals surface area contributed by atoms with Gasteiger partial charge in [-0.05, 0) is 89.9 Å². The predicted molar refractivity (Wildman–Crippen MR) is 261 cm³/mol. The van der Waals surface area contributed by atoms with Gasteiger partial charge in [0, 0.05) is 19.3 Å². The van der Waals surface area contributed by atoms with E-state index in [2.05, 4.69) is 106 Å². The van der Waals surface area contributed by atoms with E-state index in [4.69, 9.17) is 14.2 Å². The van der Waals surface area contributed by atoms with E-state index in [1.54, 1.807) is 0 Å². The SMILES string of the molecule is CC/C=C\C/C=C\C/C=C\C/C=C\CCCCCCCCC(=O)OCC(COC(=O)CCCCCCCCCCCCCC)OC(=O)CCCC/C=C\C/C=C\C/C=C\CC. The number of hydrogen-bond acceptors (Lipinski definition) is 6. The zero-order chi connectivity index (χ0) is 44.4. The average Bonchev–Trinajstić information content (AvgIpc) is 3.26. The Balaban J connectivity index is 4.41. The molecule has 0 aromatic rings. The molecule has 0 aliphatic carbocycles. The highest BCUT2D eigenvalue weighted by molar-refractivity contribution is 5.71.